The number of rotatable bonds is 1. The first-order valence-corrected chi connectivity index (χ1v) is 5.62. The van der Waals surface area contributed by atoms with Gasteiger partial charge in [0.05, 0.1) is 0 Å². The van der Waals surface area contributed by atoms with E-state index in [2.05, 4.69) is 11.1 Å². The summed E-state index contributed by atoms with van der Waals surface area (Å²) in [4.78, 5) is 18.1. The third-order valence-corrected chi connectivity index (χ3v) is 2.92. The maximum Gasteiger partial charge on any atom is 0.254 e. The normalized spacial score (nSPS) is 15.4. The molecule has 0 fully saturated rings. The maximum absolute atomic E-state index is 12.2. The molecular weight excluding hydrogens is 216 g/mol. The molecular formula is C13H12N2O2. The lowest BCUT2D eigenvalue weighted by molar-refractivity contribution is 0.0771. The van der Waals surface area contributed by atoms with Crippen LogP contribution in [0.1, 0.15) is 16.8 Å². The van der Waals surface area contributed by atoms with Gasteiger partial charge in [0.25, 0.3) is 5.91 Å². The smallest absolute Gasteiger partial charge is 0.254 e. The van der Waals surface area contributed by atoms with Gasteiger partial charge in [0, 0.05) is 18.7 Å². The lowest BCUT2D eigenvalue weighted by Crippen LogP contribution is -2.33. The number of hydrogen-bond acceptors (Lipinski definition) is 3. The molecule has 0 unspecified atom stereocenters. The highest BCUT2D eigenvalue weighted by Gasteiger charge is 2.16. The standard InChI is InChI=1S/C13H12N2O2/c16-13(15-6-2-1-3-7-15)10-4-5-11-12(8-10)17-9-14-11/h1-2,4-5,8-9H,3,6-7H2. The molecule has 0 aliphatic carbocycles. The van der Waals surface area contributed by atoms with E-state index in [1.165, 1.54) is 6.39 Å². The molecule has 0 radical (unpaired) electrons. The zero-order valence-electron chi connectivity index (χ0n) is 9.30. The summed E-state index contributed by atoms with van der Waals surface area (Å²) >= 11 is 0. The number of amides is 1. The number of hydrogen-bond donors (Lipinski definition) is 0. The first kappa shape index (κ1) is 10.1. The second kappa shape index (κ2) is 4.05. The fourth-order valence-electron chi connectivity index (χ4n) is 2.00. The zero-order chi connectivity index (χ0) is 11.7. The predicted molar refractivity (Wildman–Crippen MR) is 63.7 cm³/mol. The van der Waals surface area contributed by atoms with Gasteiger partial charge in [-0.1, -0.05) is 12.2 Å². The minimum absolute atomic E-state index is 0.0488. The summed E-state index contributed by atoms with van der Waals surface area (Å²) in [6, 6.07) is 5.36. The van der Waals surface area contributed by atoms with E-state index in [4.69, 9.17) is 4.42 Å². The summed E-state index contributed by atoms with van der Waals surface area (Å²) < 4.78 is 5.20. The van der Waals surface area contributed by atoms with Crippen LogP contribution in [-0.4, -0.2) is 28.9 Å². The Labute approximate surface area is 98.5 Å². The van der Waals surface area contributed by atoms with Crippen molar-refractivity contribution in [2.75, 3.05) is 13.1 Å². The monoisotopic (exact) mass is 228 g/mol. The Kier molecular flexibility index (Phi) is 2.40. The number of oxazole rings is 1. The molecule has 1 aliphatic rings. The Morgan fingerprint density at radius 2 is 2.29 bits per heavy atom. The van der Waals surface area contributed by atoms with Crippen molar-refractivity contribution < 1.29 is 9.21 Å². The quantitative estimate of drug-likeness (QED) is 0.703. The van der Waals surface area contributed by atoms with Gasteiger partial charge in [-0.15, -0.1) is 0 Å². The third-order valence-electron chi connectivity index (χ3n) is 2.92. The van der Waals surface area contributed by atoms with Gasteiger partial charge in [-0.3, -0.25) is 4.79 Å². The van der Waals surface area contributed by atoms with E-state index in [0.717, 1.165) is 18.5 Å². The Morgan fingerprint density at radius 3 is 3.12 bits per heavy atom. The molecule has 1 amide bonds. The van der Waals surface area contributed by atoms with Crippen LogP contribution in [0.15, 0.2) is 41.2 Å². The largest absolute Gasteiger partial charge is 0.443 e. The van der Waals surface area contributed by atoms with Crippen molar-refractivity contribution in [3.8, 4) is 0 Å². The highest BCUT2D eigenvalue weighted by Crippen LogP contribution is 2.16. The van der Waals surface area contributed by atoms with Crippen molar-refractivity contribution in [1.29, 1.82) is 0 Å². The van der Waals surface area contributed by atoms with E-state index in [9.17, 15) is 4.79 Å². The van der Waals surface area contributed by atoms with Crippen molar-refractivity contribution in [2.24, 2.45) is 0 Å². The molecule has 0 atom stereocenters. The minimum atomic E-state index is 0.0488. The van der Waals surface area contributed by atoms with Crippen LogP contribution in [0.2, 0.25) is 0 Å². The number of carbonyl (C=O) groups is 1. The van der Waals surface area contributed by atoms with E-state index >= 15 is 0 Å². The Balaban J connectivity index is 1.91. The molecule has 1 aliphatic heterocycles. The van der Waals surface area contributed by atoms with Gasteiger partial charge in [-0.05, 0) is 24.6 Å². The van der Waals surface area contributed by atoms with Crippen molar-refractivity contribution in [1.82, 2.24) is 9.88 Å². The molecule has 86 valence electrons. The van der Waals surface area contributed by atoms with Gasteiger partial charge in [-0.2, -0.15) is 0 Å². The number of carbonyl (C=O) groups excluding carboxylic acids is 1. The Hall–Kier alpha value is -2.10. The molecule has 2 heterocycles. The van der Waals surface area contributed by atoms with Crippen LogP contribution in [0, 0.1) is 0 Å². The van der Waals surface area contributed by atoms with E-state index in [0.29, 0.717) is 17.7 Å². The van der Waals surface area contributed by atoms with Gasteiger partial charge >= 0.3 is 0 Å². The Morgan fingerprint density at radius 1 is 1.35 bits per heavy atom. The molecule has 1 aromatic carbocycles. The lowest BCUT2D eigenvalue weighted by Gasteiger charge is -2.23. The van der Waals surface area contributed by atoms with Crippen molar-refractivity contribution >= 4 is 17.0 Å². The van der Waals surface area contributed by atoms with E-state index in [1.807, 2.05) is 17.0 Å². The lowest BCUT2D eigenvalue weighted by atomic mass is 10.1. The second-order valence-corrected chi connectivity index (χ2v) is 4.05. The van der Waals surface area contributed by atoms with Gasteiger partial charge < -0.3 is 9.32 Å². The van der Waals surface area contributed by atoms with Gasteiger partial charge in [0.2, 0.25) is 0 Å². The van der Waals surface area contributed by atoms with E-state index in [1.54, 1.807) is 12.1 Å². The number of nitrogens with zero attached hydrogens (tertiary/aromatic N) is 2. The summed E-state index contributed by atoms with van der Waals surface area (Å²) in [5.74, 6) is 0.0488. The highest BCUT2D eigenvalue weighted by atomic mass is 16.3. The maximum atomic E-state index is 12.2. The highest BCUT2D eigenvalue weighted by molar-refractivity contribution is 5.97. The number of aromatic nitrogens is 1. The molecule has 4 heteroatoms. The summed E-state index contributed by atoms with van der Waals surface area (Å²) in [6.45, 7) is 1.47. The van der Waals surface area contributed by atoms with Crippen LogP contribution < -0.4 is 0 Å². The molecule has 3 rings (SSSR count). The molecule has 4 nitrogen and oxygen atoms in total. The number of benzene rings is 1. The van der Waals surface area contributed by atoms with Gasteiger partial charge in [0.15, 0.2) is 12.0 Å². The molecule has 0 N–H and O–H groups in total. The average Bonchev–Trinajstić information content (AvgIpc) is 2.86. The first-order chi connectivity index (χ1) is 8.34. The zero-order valence-corrected chi connectivity index (χ0v) is 9.30. The van der Waals surface area contributed by atoms with Crippen LogP contribution in [0.5, 0.6) is 0 Å². The molecule has 0 saturated carbocycles. The summed E-state index contributed by atoms with van der Waals surface area (Å²) in [6.07, 6.45) is 6.44. The fraction of sp³-hybridized carbons (Fsp3) is 0.231. The summed E-state index contributed by atoms with van der Waals surface area (Å²) in [7, 11) is 0. The van der Waals surface area contributed by atoms with E-state index in [-0.39, 0.29) is 5.91 Å². The van der Waals surface area contributed by atoms with Gasteiger partial charge in [0.1, 0.15) is 5.52 Å². The first-order valence-electron chi connectivity index (χ1n) is 5.62. The van der Waals surface area contributed by atoms with Crippen LogP contribution in [0.4, 0.5) is 0 Å². The van der Waals surface area contributed by atoms with E-state index < -0.39 is 0 Å². The average molecular weight is 228 g/mol. The van der Waals surface area contributed by atoms with Crippen LogP contribution in [0.3, 0.4) is 0 Å². The molecule has 0 bridgehead atoms. The van der Waals surface area contributed by atoms with Crippen LogP contribution >= 0.6 is 0 Å². The van der Waals surface area contributed by atoms with Crippen molar-refractivity contribution in [3.63, 3.8) is 0 Å². The van der Waals surface area contributed by atoms with Crippen LogP contribution in [-0.2, 0) is 0 Å². The SMILES string of the molecule is O=C(c1ccc2ncoc2c1)N1CC=CCC1. The van der Waals surface area contributed by atoms with Crippen LogP contribution in [0.25, 0.3) is 11.1 Å². The second-order valence-electron chi connectivity index (χ2n) is 4.05. The third kappa shape index (κ3) is 1.82. The fourth-order valence-corrected chi connectivity index (χ4v) is 2.00. The Bertz CT molecular complexity index is 586. The molecule has 17 heavy (non-hydrogen) atoms. The van der Waals surface area contributed by atoms with Crippen molar-refractivity contribution in [3.05, 3.63) is 42.3 Å². The summed E-state index contributed by atoms with van der Waals surface area (Å²) in [5, 5.41) is 0. The minimum Gasteiger partial charge on any atom is -0.443 e. The van der Waals surface area contributed by atoms with Crippen molar-refractivity contribution in [2.45, 2.75) is 6.42 Å². The number of fused-ring (bicyclic) bond motifs is 1. The predicted octanol–water partition coefficient (Wildman–Crippen LogP) is 2.23. The molecule has 0 spiro atoms. The van der Waals surface area contributed by atoms with Gasteiger partial charge in [-0.25, -0.2) is 4.98 Å². The molecule has 1 aromatic heterocycles. The summed E-state index contributed by atoms with van der Waals surface area (Å²) in [5.41, 5.74) is 2.09. The topological polar surface area (TPSA) is 46.3 Å². The molecule has 2 aromatic rings. The molecule has 0 saturated heterocycles.